The van der Waals surface area contributed by atoms with Crippen LogP contribution in [0.3, 0.4) is 0 Å². The Morgan fingerprint density at radius 3 is 2.58 bits per heavy atom. The molecule has 134 valence electrons. The first kappa shape index (κ1) is 18.9. The summed E-state index contributed by atoms with van der Waals surface area (Å²) in [6.07, 6.45) is 1.49. The highest BCUT2D eigenvalue weighted by molar-refractivity contribution is 5.99. The molecule has 0 amide bonds. The van der Waals surface area contributed by atoms with Crippen LogP contribution in [0.25, 0.3) is 0 Å². The molecule has 1 fully saturated rings. The molecule has 1 N–H and O–H groups in total. The summed E-state index contributed by atoms with van der Waals surface area (Å²) in [5.74, 6) is 0.917. The van der Waals surface area contributed by atoms with E-state index in [0.29, 0.717) is 13.0 Å². The van der Waals surface area contributed by atoms with Crippen molar-refractivity contribution in [3.05, 3.63) is 29.3 Å². The Morgan fingerprint density at radius 2 is 1.96 bits per heavy atom. The SMILES string of the molecule is CCCOc1ccc(C(C)(C)C)cc1C(=O)CCN1CCNCC1. The molecule has 1 heterocycles. The zero-order valence-corrected chi connectivity index (χ0v) is 15.7. The molecular formula is C20H32N2O2. The van der Waals surface area contributed by atoms with Crippen molar-refractivity contribution in [2.24, 2.45) is 0 Å². The number of ether oxygens (including phenoxy) is 1. The Morgan fingerprint density at radius 1 is 1.25 bits per heavy atom. The normalized spacial score (nSPS) is 16.2. The van der Waals surface area contributed by atoms with Gasteiger partial charge >= 0.3 is 0 Å². The number of hydrogen-bond acceptors (Lipinski definition) is 4. The van der Waals surface area contributed by atoms with Crippen molar-refractivity contribution in [3.63, 3.8) is 0 Å². The monoisotopic (exact) mass is 332 g/mol. The molecule has 0 unspecified atom stereocenters. The molecule has 1 aliphatic heterocycles. The molecule has 0 aliphatic carbocycles. The van der Waals surface area contributed by atoms with Gasteiger partial charge in [-0.3, -0.25) is 4.79 Å². The van der Waals surface area contributed by atoms with E-state index in [4.69, 9.17) is 4.74 Å². The van der Waals surface area contributed by atoms with Gasteiger partial charge in [-0.25, -0.2) is 0 Å². The van der Waals surface area contributed by atoms with E-state index in [0.717, 1.165) is 50.5 Å². The fraction of sp³-hybridized carbons (Fsp3) is 0.650. The quantitative estimate of drug-likeness (QED) is 0.778. The van der Waals surface area contributed by atoms with Gasteiger partial charge in [0.05, 0.1) is 12.2 Å². The van der Waals surface area contributed by atoms with Gasteiger partial charge in [0.15, 0.2) is 5.78 Å². The van der Waals surface area contributed by atoms with Gasteiger partial charge in [-0.05, 0) is 29.5 Å². The standard InChI is InChI=1S/C20H32N2O2/c1-5-14-24-19-7-6-16(20(2,3)4)15-17(19)18(23)8-11-22-12-9-21-10-13-22/h6-7,15,21H,5,8-14H2,1-4H3. The summed E-state index contributed by atoms with van der Waals surface area (Å²) in [6, 6.07) is 6.08. The predicted molar refractivity (Wildman–Crippen MR) is 99.2 cm³/mol. The topological polar surface area (TPSA) is 41.6 Å². The van der Waals surface area contributed by atoms with Gasteiger partial charge in [-0.1, -0.05) is 33.8 Å². The van der Waals surface area contributed by atoms with Crippen LogP contribution < -0.4 is 10.1 Å². The van der Waals surface area contributed by atoms with E-state index in [1.807, 2.05) is 12.1 Å². The van der Waals surface area contributed by atoms with E-state index < -0.39 is 0 Å². The van der Waals surface area contributed by atoms with Gasteiger partial charge in [-0.2, -0.15) is 0 Å². The maximum absolute atomic E-state index is 12.8. The van der Waals surface area contributed by atoms with E-state index in [1.165, 1.54) is 5.56 Å². The minimum atomic E-state index is 0.0247. The molecule has 2 rings (SSSR count). The summed E-state index contributed by atoms with van der Waals surface area (Å²) in [7, 11) is 0. The number of Topliss-reactive ketones (excluding diaryl/α,β-unsaturated/α-hetero) is 1. The van der Waals surface area contributed by atoms with E-state index >= 15 is 0 Å². The number of rotatable bonds is 7. The van der Waals surface area contributed by atoms with Crippen molar-refractivity contribution in [1.29, 1.82) is 0 Å². The number of carbonyl (C=O) groups excluding carboxylic acids is 1. The number of nitrogens with zero attached hydrogens (tertiary/aromatic N) is 1. The second kappa shape index (κ2) is 8.63. The van der Waals surface area contributed by atoms with Gasteiger partial charge in [-0.15, -0.1) is 0 Å². The number of hydrogen-bond donors (Lipinski definition) is 1. The van der Waals surface area contributed by atoms with Crippen molar-refractivity contribution in [2.75, 3.05) is 39.3 Å². The Labute approximate surface area is 146 Å². The third kappa shape index (κ3) is 5.32. The molecule has 1 saturated heterocycles. The molecule has 0 saturated carbocycles. The lowest BCUT2D eigenvalue weighted by Gasteiger charge is -2.27. The first-order valence-corrected chi connectivity index (χ1v) is 9.15. The van der Waals surface area contributed by atoms with Crippen LogP contribution in [0, 0.1) is 0 Å². The number of piperazine rings is 1. The lowest BCUT2D eigenvalue weighted by Crippen LogP contribution is -2.44. The summed E-state index contributed by atoms with van der Waals surface area (Å²) in [4.78, 5) is 15.2. The fourth-order valence-electron chi connectivity index (χ4n) is 2.88. The molecule has 0 spiro atoms. The number of nitrogens with one attached hydrogen (secondary N) is 1. The summed E-state index contributed by atoms with van der Waals surface area (Å²) in [6.45, 7) is 14.1. The van der Waals surface area contributed by atoms with E-state index in [2.05, 4.69) is 44.0 Å². The second-order valence-corrected chi connectivity index (χ2v) is 7.57. The molecule has 0 radical (unpaired) electrons. The zero-order chi connectivity index (χ0) is 17.6. The van der Waals surface area contributed by atoms with Crippen molar-refractivity contribution in [3.8, 4) is 5.75 Å². The highest BCUT2D eigenvalue weighted by atomic mass is 16.5. The summed E-state index contributed by atoms with van der Waals surface area (Å²) >= 11 is 0. The summed E-state index contributed by atoms with van der Waals surface area (Å²) < 4.78 is 5.82. The van der Waals surface area contributed by atoms with Crippen molar-refractivity contribution >= 4 is 5.78 Å². The smallest absolute Gasteiger partial charge is 0.167 e. The number of benzene rings is 1. The van der Waals surface area contributed by atoms with Gasteiger partial charge < -0.3 is 15.0 Å². The van der Waals surface area contributed by atoms with Crippen molar-refractivity contribution < 1.29 is 9.53 Å². The van der Waals surface area contributed by atoms with Crippen LogP contribution in [-0.4, -0.2) is 50.0 Å². The summed E-state index contributed by atoms with van der Waals surface area (Å²) in [5.41, 5.74) is 1.94. The molecule has 1 aromatic rings. The average molecular weight is 332 g/mol. The van der Waals surface area contributed by atoms with Gasteiger partial charge in [0, 0.05) is 39.1 Å². The van der Waals surface area contributed by atoms with Crippen molar-refractivity contribution in [1.82, 2.24) is 10.2 Å². The van der Waals surface area contributed by atoms with Crippen LogP contribution in [0.1, 0.15) is 56.5 Å². The van der Waals surface area contributed by atoms with Gasteiger partial charge in [0.1, 0.15) is 5.75 Å². The Hall–Kier alpha value is -1.39. The Bertz CT molecular complexity index is 543. The van der Waals surface area contributed by atoms with E-state index in [9.17, 15) is 4.79 Å². The van der Waals surface area contributed by atoms with E-state index in [1.54, 1.807) is 0 Å². The highest BCUT2D eigenvalue weighted by Gasteiger charge is 2.20. The fourth-order valence-corrected chi connectivity index (χ4v) is 2.88. The molecule has 4 nitrogen and oxygen atoms in total. The maximum Gasteiger partial charge on any atom is 0.167 e. The number of ketones is 1. The van der Waals surface area contributed by atoms with Crippen LogP contribution in [-0.2, 0) is 5.41 Å². The zero-order valence-electron chi connectivity index (χ0n) is 15.7. The molecular weight excluding hydrogens is 300 g/mol. The van der Waals surface area contributed by atoms with Gasteiger partial charge in [0.2, 0.25) is 0 Å². The first-order valence-electron chi connectivity index (χ1n) is 9.15. The molecule has 0 aromatic heterocycles. The molecule has 24 heavy (non-hydrogen) atoms. The van der Waals surface area contributed by atoms with Gasteiger partial charge in [0.25, 0.3) is 0 Å². The summed E-state index contributed by atoms with van der Waals surface area (Å²) in [5, 5.41) is 3.34. The largest absolute Gasteiger partial charge is 0.493 e. The minimum absolute atomic E-state index is 0.0247. The number of carbonyl (C=O) groups is 1. The van der Waals surface area contributed by atoms with Crippen LogP contribution in [0.4, 0.5) is 0 Å². The van der Waals surface area contributed by atoms with Crippen LogP contribution >= 0.6 is 0 Å². The Kier molecular flexibility index (Phi) is 6.81. The highest BCUT2D eigenvalue weighted by Crippen LogP contribution is 2.29. The lowest BCUT2D eigenvalue weighted by atomic mass is 9.85. The second-order valence-electron chi connectivity index (χ2n) is 7.57. The van der Waals surface area contributed by atoms with Crippen LogP contribution in [0.5, 0.6) is 5.75 Å². The van der Waals surface area contributed by atoms with Crippen molar-refractivity contribution in [2.45, 2.75) is 46.0 Å². The predicted octanol–water partition coefficient (Wildman–Crippen LogP) is 3.25. The molecule has 1 aliphatic rings. The van der Waals surface area contributed by atoms with E-state index in [-0.39, 0.29) is 11.2 Å². The third-order valence-electron chi connectivity index (χ3n) is 4.47. The minimum Gasteiger partial charge on any atom is -0.493 e. The average Bonchev–Trinajstić information content (AvgIpc) is 2.57. The third-order valence-corrected chi connectivity index (χ3v) is 4.47. The lowest BCUT2D eigenvalue weighted by molar-refractivity contribution is 0.0956. The maximum atomic E-state index is 12.8. The molecule has 0 bridgehead atoms. The van der Waals surface area contributed by atoms with Crippen LogP contribution in [0.15, 0.2) is 18.2 Å². The molecule has 4 heteroatoms. The first-order chi connectivity index (χ1) is 11.4. The molecule has 1 aromatic carbocycles. The molecule has 0 atom stereocenters. The Balaban J connectivity index is 2.12. The van der Waals surface area contributed by atoms with Crippen LogP contribution in [0.2, 0.25) is 0 Å².